The maximum absolute atomic E-state index is 12.3. The predicted octanol–water partition coefficient (Wildman–Crippen LogP) is 4.96. The fourth-order valence-electron chi connectivity index (χ4n) is 2.79. The third kappa shape index (κ3) is 3.92. The molecule has 2 aromatic carbocycles. The normalized spacial score (nSPS) is 11.4. The minimum Gasteiger partial charge on any atom is -0.276 e. The van der Waals surface area contributed by atoms with E-state index >= 15 is 0 Å². The van der Waals surface area contributed by atoms with E-state index in [1.165, 1.54) is 0 Å². The van der Waals surface area contributed by atoms with Crippen LogP contribution in [-0.2, 0) is 0 Å². The van der Waals surface area contributed by atoms with Gasteiger partial charge >= 0.3 is 0 Å². The van der Waals surface area contributed by atoms with Gasteiger partial charge in [0, 0.05) is 0 Å². The second-order valence-electron chi connectivity index (χ2n) is 6.23. The Hall–Kier alpha value is -3.51. The first-order valence-electron chi connectivity index (χ1n) is 8.80. The highest BCUT2D eigenvalue weighted by Gasteiger charge is 2.11. The van der Waals surface area contributed by atoms with Crippen LogP contribution in [0.2, 0.25) is 0 Å². The standard InChI is InChI=1S/C22H18N4OS/c1-15(16-9-11-18(12-10-16)17-6-3-2-4-7-17)23-26-22(27)20-14-19(24-25-20)21-8-5-13-28-21/h2-14H,1H3,(H,24,25)(H,26,27)/b23-15+. The fourth-order valence-corrected chi connectivity index (χ4v) is 3.48. The summed E-state index contributed by atoms with van der Waals surface area (Å²) in [5.41, 5.74) is 7.67. The van der Waals surface area contributed by atoms with Gasteiger partial charge in [-0.25, -0.2) is 5.43 Å². The number of benzene rings is 2. The summed E-state index contributed by atoms with van der Waals surface area (Å²) < 4.78 is 0. The van der Waals surface area contributed by atoms with Crippen LogP contribution >= 0.6 is 11.3 Å². The smallest absolute Gasteiger partial charge is 0.276 e. The Morgan fingerprint density at radius 2 is 1.75 bits per heavy atom. The molecule has 0 saturated carbocycles. The summed E-state index contributed by atoms with van der Waals surface area (Å²) in [5, 5.41) is 13.1. The number of rotatable bonds is 5. The van der Waals surface area contributed by atoms with E-state index in [0.29, 0.717) is 5.69 Å². The Balaban J connectivity index is 1.43. The summed E-state index contributed by atoms with van der Waals surface area (Å²) >= 11 is 1.59. The van der Waals surface area contributed by atoms with Crippen molar-refractivity contribution in [3.8, 4) is 21.7 Å². The molecule has 4 aromatic rings. The summed E-state index contributed by atoms with van der Waals surface area (Å²) in [6, 6.07) is 23.9. The lowest BCUT2D eigenvalue weighted by Gasteiger charge is -2.05. The molecule has 5 nitrogen and oxygen atoms in total. The lowest BCUT2D eigenvalue weighted by Crippen LogP contribution is -2.19. The van der Waals surface area contributed by atoms with E-state index in [2.05, 4.69) is 32.9 Å². The van der Waals surface area contributed by atoms with Crippen LogP contribution in [0.5, 0.6) is 0 Å². The molecular weight excluding hydrogens is 368 g/mol. The van der Waals surface area contributed by atoms with Gasteiger partial charge in [0.25, 0.3) is 5.91 Å². The molecule has 0 aliphatic rings. The number of amides is 1. The molecule has 0 fully saturated rings. The lowest BCUT2D eigenvalue weighted by atomic mass is 10.0. The van der Waals surface area contributed by atoms with E-state index in [1.807, 2.05) is 66.9 Å². The van der Waals surface area contributed by atoms with Crippen LogP contribution in [0.25, 0.3) is 21.7 Å². The molecule has 0 radical (unpaired) electrons. The Labute approximate surface area is 166 Å². The van der Waals surface area contributed by atoms with E-state index in [0.717, 1.165) is 33.0 Å². The number of thiophene rings is 1. The minimum atomic E-state index is -0.348. The highest BCUT2D eigenvalue weighted by Crippen LogP contribution is 2.23. The van der Waals surface area contributed by atoms with Gasteiger partial charge in [0.2, 0.25) is 0 Å². The zero-order valence-corrected chi connectivity index (χ0v) is 16.0. The minimum absolute atomic E-state index is 0.305. The maximum atomic E-state index is 12.3. The third-order valence-electron chi connectivity index (χ3n) is 4.33. The van der Waals surface area contributed by atoms with E-state index in [1.54, 1.807) is 17.4 Å². The van der Waals surface area contributed by atoms with Crippen molar-refractivity contribution in [3.05, 3.63) is 89.4 Å². The predicted molar refractivity (Wildman–Crippen MR) is 113 cm³/mol. The molecule has 6 heteroatoms. The molecule has 0 unspecified atom stereocenters. The number of H-pyrrole nitrogens is 1. The van der Waals surface area contributed by atoms with Gasteiger partial charge in [-0.3, -0.25) is 9.89 Å². The van der Waals surface area contributed by atoms with Gasteiger partial charge in [-0.15, -0.1) is 11.3 Å². The van der Waals surface area contributed by atoms with Crippen molar-refractivity contribution in [1.29, 1.82) is 0 Å². The average molecular weight is 386 g/mol. The van der Waals surface area contributed by atoms with E-state index in [9.17, 15) is 4.79 Å². The Kier molecular flexibility index (Phi) is 5.12. The van der Waals surface area contributed by atoms with Crippen molar-refractivity contribution in [3.63, 3.8) is 0 Å². The molecule has 0 saturated heterocycles. The molecule has 28 heavy (non-hydrogen) atoms. The zero-order chi connectivity index (χ0) is 19.3. The summed E-state index contributed by atoms with van der Waals surface area (Å²) in [6.07, 6.45) is 0. The van der Waals surface area contributed by atoms with Crippen LogP contribution in [0, 0.1) is 0 Å². The first-order valence-corrected chi connectivity index (χ1v) is 9.68. The Morgan fingerprint density at radius 1 is 1.00 bits per heavy atom. The molecule has 1 amide bonds. The molecular formula is C22H18N4OS. The Bertz CT molecular complexity index is 1100. The highest BCUT2D eigenvalue weighted by atomic mass is 32.1. The maximum Gasteiger partial charge on any atom is 0.291 e. The monoisotopic (exact) mass is 386 g/mol. The summed E-state index contributed by atoms with van der Waals surface area (Å²) in [4.78, 5) is 13.3. The van der Waals surface area contributed by atoms with Crippen molar-refractivity contribution in [2.45, 2.75) is 6.92 Å². The van der Waals surface area contributed by atoms with E-state index in [-0.39, 0.29) is 5.91 Å². The molecule has 2 N–H and O–H groups in total. The number of nitrogens with zero attached hydrogens (tertiary/aromatic N) is 2. The van der Waals surface area contributed by atoms with Crippen LogP contribution in [0.3, 0.4) is 0 Å². The number of hydrazone groups is 1. The highest BCUT2D eigenvalue weighted by molar-refractivity contribution is 7.13. The van der Waals surface area contributed by atoms with Crippen LogP contribution in [0.1, 0.15) is 23.0 Å². The third-order valence-corrected chi connectivity index (χ3v) is 5.24. The van der Waals surface area contributed by atoms with Crippen molar-refractivity contribution < 1.29 is 4.79 Å². The van der Waals surface area contributed by atoms with Gasteiger partial charge in [0.05, 0.1) is 16.3 Å². The lowest BCUT2D eigenvalue weighted by molar-refractivity contribution is 0.0950. The fraction of sp³-hybridized carbons (Fsp3) is 0.0455. The van der Waals surface area contributed by atoms with Crippen LogP contribution in [0.4, 0.5) is 0 Å². The van der Waals surface area contributed by atoms with Crippen LogP contribution in [0.15, 0.2) is 83.3 Å². The number of carbonyl (C=O) groups excluding carboxylic acids is 1. The number of hydrogen-bond acceptors (Lipinski definition) is 4. The Morgan fingerprint density at radius 3 is 2.46 bits per heavy atom. The molecule has 138 valence electrons. The van der Waals surface area contributed by atoms with Crippen molar-refractivity contribution in [2.24, 2.45) is 5.10 Å². The SMILES string of the molecule is C/C(=N\NC(=O)c1cc(-c2cccs2)[nH]n1)c1ccc(-c2ccccc2)cc1. The molecule has 0 aliphatic heterocycles. The molecule has 0 atom stereocenters. The second kappa shape index (κ2) is 8.02. The van der Waals surface area contributed by atoms with Gasteiger partial charge in [-0.2, -0.15) is 10.2 Å². The summed E-state index contributed by atoms with van der Waals surface area (Å²) in [6.45, 7) is 1.86. The number of aromatic amines is 1. The van der Waals surface area contributed by atoms with Gasteiger partial charge < -0.3 is 0 Å². The number of hydrogen-bond donors (Lipinski definition) is 2. The first-order chi connectivity index (χ1) is 13.7. The number of aromatic nitrogens is 2. The molecule has 0 aliphatic carbocycles. The van der Waals surface area contributed by atoms with Gasteiger partial charge in [0.15, 0.2) is 5.69 Å². The number of carbonyl (C=O) groups is 1. The van der Waals surface area contributed by atoms with Crippen molar-refractivity contribution >= 4 is 23.0 Å². The zero-order valence-electron chi connectivity index (χ0n) is 15.2. The van der Waals surface area contributed by atoms with Crippen LogP contribution in [-0.4, -0.2) is 21.8 Å². The molecule has 0 bridgehead atoms. The average Bonchev–Trinajstić information content (AvgIpc) is 3.44. The van der Waals surface area contributed by atoms with E-state index < -0.39 is 0 Å². The van der Waals surface area contributed by atoms with Gasteiger partial charge in [-0.1, -0.05) is 60.7 Å². The first kappa shape index (κ1) is 17.9. The molecule has 2 heterocycles. The molecule has 4 rings (SSSR count). The summed E-state index contributed by atoms with van der Waals surface area (Å²) in [7, 11) is 0. The number of nitrogens with one attached hydrogen (secondary N) is 2. The van der Waals surface area contributed by atoms with Gasteiger partial charge in [-0.05, 0) is 41.1 Å². The quantitative estimate of drug-likeness (QED) is 0.376. The van der Waals surface area contributed by atoms with E-state index in [4.69, 9.17) is 0 Å². The molecule has 2 aromatic heterocycles. The largest absolute Gasteiger partial charge is 0.291 e. The second-order valence-corrected chi connectivity index (χ2v) is 7.17. The van der Waals surface area contributed by atoms with Crippen molar-refractivity contribution in [1.82, 2.24) is 15.6 Å². The topological polar surface area (TPSA) is 70.1 Å². The molecule has 0 spiro atoms. The summed E-state index contributed by atoms with van der Waals surface area (Å²) in [5.74, 6) is -0.348. The van der Waals surface area contributed by atoms with Gasteiger partial charge in [0.1, 0.15) is 0 Å². The van der Waals surface area contributed by atoms with Crippen molar-refractivity contribution in [2.75, 3.05) is 0 Å². The van der Waals surface area contributed by atoms with Crippen LogP contribution < -0.4 is 5.43 Å².